The lowest BCUT2D eigenvalue weighted by atomic mass is 10.1. The van der Waals surface area contributed by atoms with Crippen molar-refractivity contribution in [3.05, 3.63) is 65.5 Å². The fourth-order valence-corrected chi connectivity index (χ4v) is 2.58. The fourth-order valence-electron chi connectivity index (χ4n) is 2.00. The number of nitrogens with two attached hydrogens (primary N) is 1. The highest BCUT2D eigenvalue weighted by Gasteiger charge is 2.09. The van der Waals surface area contributed by atoms with Crippen LogP contribution in [-0.2, 0) is 16.6 Å². The van der Waals surface area contributed by atoms with Crippen molar-refractivity contribution in [3.63, 3.8) is 0 Å². The van der Waals surface area contributed by atoms with Crippen molar-refractivity contribution in [2.24, 2.45) is 5.14 Å². The van der Waals surface area contributed by atoms with Crippen LogP contribution in [-0.4, -0.2) is 8.42 Å². The summed E-state index contributed by atoms with van der Waals surface area (Å²) in [5.74, 6) is -0.280. The first-order chi connectivity index (χ1) is 9.86. The molecule has 2 aromatic rings. The van der Waals surface area contributed by atoms with E-state index in [0.29, 0.717) is 6.54 Å². The standard InChI is InChI=1S/C15H17FN2O2S/c1-11(13-5-3-6-14(16)9-13)18-10-12-4-2-7-15(8-12)21(17,19)20/h2-9,11,18H,10H2,1H3,(H2,17,19,20). The van der Waals surface area contributed by atoms with Crippen LogP contribution in [0.5, 0.6) is 0 Å². The van der Waals surface area contributed by atoms with Gasteiger partial charge in [-0.2, -0.15) is 0 Å². The van der Waals surface area contributed by atoms with E-state index in [1.165, 1.54) is 24.3 Å². The van der Waals surface area contributed by atoms with Crippen LogP contribution in [0.3, 0.4) is 0 Å². The number of nitrogens with one attached hydrogen (secondary N) is 1. The second-order valence-corrected chi connectivity index (χ2v) is 6.41. The van der Waals surface area contributed by atoms with Crippen LogP contribution in [0, 0.1) is 5.82 Å². The molecule has 0 fully saturated rings. The molecule has 2 aromatic carbocycles. The number of hydrogen-bond donors (Lipinski definition) is 2. The van der Waals surface area contributed by atoms with Gasteiger partial charge in [-0.15, -0.1) is 0 Å². The normalized spacial score (nSPS) is 13.1. The van der Waals surface area contributed by atoms with E-state index in [-0.39, 0.29) is 16.8 Å². The molecule has 3 N–H and O–H groups in total. The van der Waals surface area contributed by atoms with Gasteiger partial charge in [-0.1, -0.05) is 24.3 Å². The summed E-state index contributed by atoms with van der Waals surface area (Å²) in [7, 11) is -3.70. The molecule has 0 spiro atoms. The van der Waals surface area contributed by atoms with Crippen molar-refractivity contribution in [1.29, 1.82) is 0 Å². The van der Waals surface area contributed by atoms with Crippen LogP contribution >= 0.6 is 0 Å². The summed E-state index contributed by atoms with van der Waals surface area (Å²) < 4.78 is 35.8. The maximum Gasteiger partial charge on any atom is 0.238 e. The second-order valence-electron chi connectivity index (χ2n) is 4.85. The van der Waals surface area contributed by atoms with Crippen molar-refractivity contribution >= 4 is 10.0 Å². The van der Waals surface area contributed by atoms with Crippen LogP contribution in [0.2, 0.25) is 0 Å². The molecule has 0 bridgehead atoms. The molecule has 0 saturated heterocycles. The summed E-state index contributed by atoms with van der Waals surface area (Å²) in [5, 5.41) is 8.32. The van der Waals surface area contributed by atoms with Crippen LogP contribution < -0.4 is 10.5 Å². The Morgan fingerprint density at radius 1 is 1.19 bits per heavy atom. The van der Waals surface area contributed by atoms with Gasteiger partial charge in [0, 0.05) is 12.6 Å². The van der Waals surface area contributed by atoms with Gasteiger partial charge in [0.2, 0.25) is 10.0 Å². The van der Waals surface area contributed by atoms with Crippen LogP contribution in [0.1, 0.15) is 24.1 Å². The Kier molecular flexibility index (Phi) is 4.72. The summed E-state index contributed by atoms with van der Waals surface area (Å²) in [4.78, 5) is 0.0835. The Balaban J connectivity index is 2.06. The molecule has 0 heterocycles. The molecule has 0 amide bonds. The lowest BCUT2D eigenvalue weighted by Crippen LogP contribution is -2.19. The molecule has 21 heavy (non-hydrogen) atoms. The predicted molar refractivity (Wildman–Crippen MR) is 79.5 cm³/mol. The number of rotatable bonds is 5. The summed E-state index contributed by atoms with van der Waals surface area (Å²) >= 11 is 0. The molecule has 4 nitrogen and oxygen atoms in total. The van der Waals surface area contributed by atoms with Gasteiger partial charge >= 0.3 is 0 Å². The fraction of sp³-hybridized carbons (Fsp3) is 0.200. The first-order valence-corrected chi connectivity index (χ1v) is 8.01. The highest BCUT2D eigenvalue weighted by molar-refractivity contribution is 7.89. The van der Waals surface area contributed by atoms with E-state index in [9.17, 15) is 12.8 Å². The molecule has 1 atom stereocenters. The highest BCUT2D eigenvalue weighted by atomic mass is 32.2. The van der Waals surface area contributed by atoms with Gasteiger partial charge in [-0.05, 0) is 42.3 Å². The van der Waals surface area contributed by atoms with Gasteiger partial charge in [0.05, 0.1) is 4.90 Å². The quantitative estimate of drug-likeness (QED) is 0.890. The van der Waals surface area contributed by atoms with Gasteiger partial charge in [-0.3, -0.25) is 0 Å². The lowest BCUT2D eigenvalue weighted by Gasteiger charge is -2.14. The number of sulfonamides is 1. The highest BCUT2D eigenvalue weighted by Crippen LogP contribution is 2.15. The van der Waals surface area contributed by atoms with Gasteiger partial charge in [0.25, 0.3) is 0 Å². The average Bonchev–Trinajstić information content (AvgIpc) is 2.44. The summed E-state index contributed by atoms with van der Waals surface area (Å²) in [6.45, 7) is 2.37. The zero-order valence-corrected chi connectivity index (χ0v) is 12.4. The minimum atomic E-state index is -3.70. The molecule has 6 heteroatoms. The van der Waals surface area contributed by atoms with E-state index < -0.39 is 10.0 Å². The van der Waals surface area contributed by atoms with Crippen molar-refractivity contribution in [3.8, 4) is 0 Å². The van der Waals surface area contributed by atoms with Crippen molar-refractivity contribution in [2.75, 3.05) is 0 Å². The smallest absolute Gasteiger partial charge is 0.238 e. The monoisotopic (exact) mass is 308 g/mol. The van der Waals surface area contributed by atoms with Crippen LogP contribution in [0.15, 0.2) is 53.4 Å². The van der Waals surface area contributed by atoms with Crippen molar-refractivity contribution < 1.29 is 12.8 Å². The Bertz CT molecular complexity index is 732. The minimum Gasteiger partial charge on any atom is -0.306 e. The van der Waals surface area contributed by atoms with E-state index in [1.807, 2.05) is 13.0 Å². The summed E-state index contributed by atoms with van der Waals surface area (Å²) in [6, 6.07) is 12.7. The Labute approximate surface area is 123 Å². The molecular formula is C15H17FN2O2S. The molecule has 0 radical (unpaired) electrons. The number of benzene rings is 2. The molecule has 2 rings (SSSR count). The molecule has 0 aliphatic carbocycles. The van der Waals surface area contributed by atoms with E-state index in [1.54, 1.807) is 18.2 Å². The predicted octanol–water partition coefficient (Wildman–Crippen LogP) is 2.32. The minimum absolute atomic E-state index is 0.0566. The number of halogens is 1. The Morgan fingerprint density at radius 2 is 1.90 bits per heavy atom. The number of primary sulfonamides is 1. The molecular weight excluding hydrogens is 291 g/mol. The SMILES string of the molecule is CC(NCc1cccc(S(N)(=O)=O)c1)c1cccc(F)c1. The van der Waals surface area contributed by atoms with Gasteiger partial charge in [0.15, 0.2) is 0 Å². The Morgan fingerprint density at radius 3 is 2.57 bits per heavy atom. The van der Waals surface area contributed by atoms with Crippen LogP contribution in [0.4, 0.5) is 4.39 Å². The van der Waals surface area contributed by atoms with Crippen LogP contribution in [0.25, 0.3) is 0 Å². The largest absolute Gasteiger partial charge is 0.306 e. The molecule has 1 unspecified atom stereocenters. The van der Waals surface area contributed by atoms with Gasteiger partial charge in [-0.25, -0.2) is 17.9 Å². The topological polar surface area (TPSA) is 72.2 Å². The lowest BCUT2D eigenvalue weighted by molar-refractivity contribution is 0.564. The maximum atomic E-state index is 13.2. The third-order valence-electron chi connectivity index (χ3n) is 3.19. The van der Waals surface area contributed by atoms with E-state index >= 15 is 0 Å². The zero-order chi connectivity index (χ0) is 15.5. The van der Waals surface area contributed by atoms with Gasteiger partial charge < -0.3 is 5.32 Å². The first kappa shape index (κ1) is 15.6. The van der Waals surface area contributed by atoms with Crippen molar-refractivity contribution in [2.45, 2.75) is 24.4 Å². The van der Waals surface area contributed by atoms with E-state index in [2.05, 4.69) is 5.32 Å². The molecule has 0 aromatic heterocycles. The van der Waals surface area contributed by atoms with Gasteiger partial charge in [0.1, 0.15) is 5.82 Å². The maximum absolute atomic E-state index is 13.2. The first-order valence-electron chi connectivity index (χ1n) is 6.47. The zero-order valence-electron chi connectivity index (χ0n) is 11.6. The number of hydrogen-bond acceptors (Lipinski definition) is 3. The Hall–Kier alpha value is -1.76. The van der Waals surface area contributed by atoms with E-state index in [4.69, 9.17) is 5.14 Å². The second kappa shape index (κ2) is 6.34. The molecule has 0 aliphatic heterocycles. The summed E-state index contributed by atoms with van der Waals surface area (Å²) in [6.07, 6.45) is 0. The van der Waals surface area contributed by atoms with E-state index in [0.717, 1.165) is 11.1 Å². The summed E-state index contributed by atoms with van der Waals surface area (Å²) in [5.41, 5.74) is 1.63. The molecule has 112 valence electrons. The third kappa shape index (κ3) is 4.35. The molecule has 0 aliphatic rings. The van der Waals surface area contributed by atoms with Crippen molar-refractivity contribution in [1.82, 2.24) is 5.32 Å². The molecule has 0 saturated carbocycles. The third-order valence-corrected chi connectivity index (χ3v) is 4.10. The average molecular weight is 308 g/mol.